The Morgan fingerprint density at radius 1 is 1.17 bits per heavy atom. The second-order valence-corrected chi connectivity index (χ2v) is 5.93. The fourth-order valence-electron chi connectivity index (χ4n) is 1.25. The van der Waals surface area contributed by atoms with E-state index in [4.69, 9.17) is 16.3 Å². The molecule has 0 N–H and O–H groups in total. The van der Waals surface area contributed by atoms with Crippen LogP contribution in [-0.2, 0) is 9.84 Å². The number of hydrogen-bond acceptors (Lipinski definition) is 5. The van der Waals surface area contributed by atoms with Crippen LogP contribution in [0.3, 0.4) is 0 Å². The van der Waals surface area contributed by atoms with Crippen molar-refractivity contribution in [1.82, 2.24) is 9.97 Å². The number of nitrogens with zero attached hydrogens (tertiary/aromatic N) is 2. The van der Waals surface area contributed by atoms with Crippen molar-refractivity contribution in [3.8, 4) is 11.6 Å². The largest absolute Gasteiger partial charge is 0.437 e. The lowest BCUT2D eigenvalue weighted by Crippen LogP contribution is -1.96. The summed E-state index contributed by atoms with van der Waals surface area (Å²) in [6, 6.07) is 6.00. The maximum absolute atomic E-state index is 11.3. The van der Waals surface area contributed by atoms with Crippen molar-refractivity contribution in [2.75, 3.05) is 6.26 Å². The first-order valence-electron chi connectivity index (χ1n) is 4.91. The fourth-order valence-corrected chi connectivity index (χ4v) is 2.02. The zero-order valence-corrected chi connectivity index (χ0v) is 10.9. The zero-order valence-electron chi connectivity index (χ0n) is 9.37. The number of aromatic nitrogens is 2. The molecule has 2 aromatic rings. The third-order valence-electron chi connectivity index (χ3n) is 2.06. The molecule has 0 aliphatic rings. The molecule has 0 radical (unpaired) electrons. The molecule has 0 aliphatic carbocycles. The number of halogens is 1. The Morgan fingerprint density at radius 3 is 2.39 bits per heavy atom. The summed E-state index contributed by atoms with van der Waals surface area (Å²) >= 11 is 5.66. The molecule has 1 heterocycles. The molecule has 0 fully saturated rings. The smallest absolute Gasteiger partial charge is 0.239 e. The Labute approximate surface area is 109 Å². The number of sulfone groups is 1. The van der Waals surface area contributed by atoms with Crippen LogP contribution in [0.2, 0.25) is 5.15 Å². The molecule has 0 spiro atoms. The summed E-state index contributed by atoms with van der Waals surface area (Å²) in [6.07, 6.45) is 3.95. The van der Waals surface area contributed by atoms with Gasteiger partial charge >= 0.3 is 0 Å². The standard InChI is InChI=1S/C11H9ClN2O3S/c1-18(15,16)9-4-2-8(3-5-9)17-11-7-13-6-10(12)14-11/h2-7H,1H3. The van der Waals surface area contributed by atoms with Gasteiger partial charge in [-0.25, -0.2) is 8.42 Å². The van der Waals surface area contributed by atoms with Gasteiger partial charge in [0.25, 0.3) is 0 Å². The summed E-state index contributed by atoms with van der Waals surface area (Å²) in [5.74, 6) is 0.702. The van der Waals surface area contributed by atoms with Gasteiger partial charge in [-0.05, 0) is 24.3 Å². The quantitative estimate of drug-likeness (QED) is 0.865. The van der Waals surface area contributed by atoms with Crippen LogP contribution in [0.4, 0.5) is 0 Å². The Kier molecular flexibility index (Phi) is 3.49. The molecule has 0 amide bonds. The van der Waals surface area contributed by atoms with E-state index in [-0.39, 0.29) is 15.9 Å². The minimum Gasteiger partial charge on any atom is -0.437 e. The van der Waals surface area contributed by atoms with Crippen LogP contribution < -0.4 is 4.74 Å². The average molecular weight is 285 g/mol. The highest BCUT2D eigenvalue weighted by Gasteiger charge is 2.07. The Hall–Kier alpha value is -1.66. The number of hydrogen-bond donors (Lipinski definition) is 0. The van der Waals surface area contributed by atoms with Gasteiger partial charge in [-0.3, -0.25) is 4.98 Å². The van der Waals surface area contributed by atoms with E-state index in [9.17, 15) is 8.42 Å². The van der Waals surface area contributed by atoms with Gasteiger partial charge in [-0.15, -0.1) is 0 Å². The summed E-state index contributed by atoms with van der Waals surface area (Å²) in [7, 11) is -3.20. The molecule has 2 rings (SSSR count). The minimum absolute atomic E-state index is 0.222. The van der Waals surface area contributed by atoms with Crippen LogP contribution in [-0.4, -0.2) is 24.6 Å². The molecule has 1 aromatic carbocycles. The molecule has 5 nitrogen and oxygen atoms in total. The van der Waals surface area contributed by atoms with E-state index >= 15 is 0 Å². The molecule has 18 heavy (non-hydrogen) atoms. The Morgan fingerprint density at radius 2 is 1.83 bits per heavy atom. The Balaban J connectivity index is 2.21. The molecule has 0 atom stereocenters. The summed E-state index contributed by atoms with van der Waals surface area (Å²) in [4.78, 5) is 7.95. The molecule has 0 bridgehead atoms. The first-order valence-corrected chi connectivity index (χ1v) is 7.17. The second-order valence-electron chi connectivity index (χ2n) is 3.53. The minimum atomic E-state index is -3.20. The highest BCUT2D eigenvalue weighted by molar-refractivity contribution is 7.90. The average Bonchev–Trinajstić information content (AvgIpc) is 2.28. The Bertz CT molecular complexity index is 656. The van der Waals surface area contributed by atoms with Gasteiger partial charge in [0.05, 0.1) is 17.3 Å². The van der Waals surface area contributed by atoms with E-state index in [2.05, 4.69) is 9.97 Å². The topological polar surface area (TPSA) is 69.2 Å². The van der Waals surface area contributed by atoms with Gasteiger partial charge in [0.2, 0.25) is 5.88 Å². The SMILES string of the molecule is CS(=O)(=O)c1ccc(Oc2cncc(Cl)n2)cc1. The molecular formula is C11H9ClN2O3S. The molecule has 0 unspecified atom stereocenters. The van der Waals surface area contributed by atoms with Crippen molar-refractivity contribution < 1.29 is 13.2 Å². The maximum Gasteiger partial charge on any atom is 0.239 e. The lowest BCUT2D eigenvalue weighted by Gasteiger charge is -2.05. The maximum atomic E-state index is 11.3. The first-order chi connectivity index (χ1) is 8.45. The number of rotatable bonds is 3. The van der Waals surface area contributed by atoms with Crippen molar-refractivity contribution in [2.45, 2.75) is 4.90 Å². The molecular weight excluding hydrogens is 276 g/mol. The highest BCUT2D eigenvalue weighted by atomic mass is 35.5. The van der Waals surface area contributed by atoms with Gasteiger partial charge in [-0.2, -0.15) is 4.98 Å². The van der Waals surface area contributed by atoms with Crippen molar-refractivity contribution in [2.24, 2.45) is 0 Å². The van der Waals surface area contributed by atoms with Gasteiger partial charge < -0.3 is 4.74 Å². The molecule has 0 aliphatic heterocycles. The number of benzene rings is 1. The molecule has 1 aromatic heterocycles. The fraction of sp³-hybridized carbons (Fsp3) is 0.0909. The van der Waals surface area contributed by atoms with Gasteiger partial charge in [0, 0.05) is 6.26 Å². The lowest BCUT2D eigenvalue weighted by molar-refractivity contribution is 0.460. The van der Waals surface area contributed by atoms with E-state index in [1.165, 1.54) is 24.5 Å². The third kappa shape index (κ3) is 3.18. The van der Waals surface area contributed by atoms with E-state index in [0.29, 0.717) is 5.75 Å². The molecule has 0 saturated heterocycles. The summed E-state index contributed by atoms with van der Waals surface area (Å²) in [5.41, 5.74) is 0. The van der Waals surface area contributed by atoms with E-state index in [0.717, 1.165) is 6.26 Å². The van der Waals surface area contributed by atoms with E-state index < -0.39 is 9.84 Å². The lowest BCUT2D eigenvalue weighted by atomic mass is 10.3. The van der Waals surface area contributed by atoms with Crippen molar-refractivity contribution in [3.05, 3.63) is 41.8 Å². The van der Waals surface area contributed by atoms with Gasteiger partial charge in [-0.1, -0.05) is 11.6 Å². The normalized spacial score (nSPS) is 11.2. The summed E-state index contributed by atoms with van der Waals surface area (Å²) in [5, 5.41) is 0.222. The second kappa shape index (κ2) is 4.91. The predicted molar refractivity (Wildman–Crippen MR) is 66.7 cm³/mol. The van der Waals surface area contributed by atoms with Crippen LogP contribution in [0.5, 0.6) is 11.6 Å². The van der Waals surface area contributed by atoms with Gasteiger partial charge in [0.15, 0.2) is 15.0 Å². The van der Waals surface area contributed by atoms with E-state index in [1.54, 1.807) is 12.1 Å². The van der Waals surface area contributed by atoms with Crippen LogP contribution in [0.15, 0.2) is 41.6 Å². The van der Waals surface area contributed by atoms with Crippen LogP contribution in [0.1, 0.15) is 0 Å². The van der Waals surface area contributed by atoms with Gasteiger partial charge in [0.1, 0.15) is 5.75 Å². The zero-order chi connectivity index (χ0) is 13.2. The third-order valence-corrected chi connectivity index (χ3v) is 3.37. The van der Waals surface area contributed by atoms with Crippen LogP contribution in [0.25, 0.3) is 0 Å². The molecule has 0 saturated carbocycles. The van der Waals surface area contributed by atoms with Crippen LogP contribution >= 0.6 is 11.6 Å². The van der Waals surface area contributed by atoms with Crippen LogP contribution in [0, 0.1) is 0 Å². The first kappa shape index (κ1) is 12.8. The van der Waals surface area contributed by atoms with Crippen molar-refractivity contribution in [1.29, 1.82) is 0 Å². The van der Waals surface area contributed by atoms with Crippen molar-refractivity contribution >= 4 is 21.4 Å². The summed E-state index contributed by atoms with van der Waals surface area (Å²) < 4.78 is 27.9. The monoisotopic (exact) mass is 284 g/mol. The van der Waals surface area contributed by atoms with E-state index in [1.807, 2.05) is 0 Å². The van der Waals surface area contributed by atoms with Crippen molar-refractivity contribution in [3.63, 3.8) is 0 Å². The highest BCUT2D eigenvalue weighted by Crippen LogP contribution is 2.21. The molecule has 94 valence electrons. The number of ether oxygens (including phenoxy) is 1. The molecule has 7 heteroatoms. The predicted octanol–water partition coefficient (Wildman–Crippen LogP) is 2.33. The summed E-state index contributed by atoms with van der Waals surface area (Å²) in [6.45, 7) is 0.